The largest absolute Gasteiger partial charge is 1.00 e. The van der Waals surface area contributed by atoms with Crippen molar-refractivity contribution in [2.45, 2.75) is 18.1 Å². The van der Waals surface area contributed by atoms with E-state index in [9.17, 15) is 14.4 Å². The predicted octanol–water partition coefficient (Wildman–Crippen LogP) is -10.9. The van der Waals surface area contributed by atoms with Crippen LogP contribution < -0.4 is 88.7 Å². The van der Waals surface area contributed by atoms with Gasteiger partial charge in [0.1, 0.15) is 0 Å². The van der Waals surface area contributed by atoms with Crippen LogP contribution in [0.25, 0.3) is 0 Å². The standard InChI is InChI=1S/C6H8O8.3Na.3H/c7-2(8)1-6(14,5(12)13)3(9)4(10)11;;;;;;/h3,9,14H,1H2,(H,7,8)(H,10,11)(H,12,13);;;;;;/q;3*+1;3*-1. The zero-order valence-electron chi connectivity index (χ0n) is 12.7. The monoisotopic (exact) mass is 280 g/mol. The van der Waals surface area contributed by atoms with Crippen LogP contribution in [0.5, 0.6) is 0 Å². The second kappa shape index (κ2) is 11.2. The maximum atomic E-state index is 10.4. The van der Waals surface area contributed by atoms with Crippen molar-refractivity contribution in [2.24, 2.45) is 0 Å². The number of carboxylic acids is 3. The second-order valence-corrected chi connectivity index (χ2v) is 2.54. The van der Waals surface area contributed by atoms with Gasteiger partial charge in [-0.3, -0.25) is 4.79 Å². The fourth-order valence-electron chi connectivity index (χ4n) is 0.724. The summed E-state index contributed by atoms with van der Waals surface area (Å²) in [5, 5.41) is 42.6. The number of aliphatic hydroxyl groups excluding tert-OH is 1. The second-order valence-electron chi connectivity index (χ2n) is 2.54. The first-order chi connectivity index (χ1) is 6.21. The average molecular weight is 280 g/mol. The van der Waals surface area contributed by atoms with E-state index in [4.69, 9.17) is 25.5 Å². The summed E-state index contributed by atoms with van der Waals surface area (Å²) in [6, 6.07) is 0. The molecule has 8 nitrogen and oxygen atoms in total. The maximum absolute atomic E-state index is 10.4. The summed E-state index contributed by atoms with van der Waals surface area (Å²) in [5.41, 5.74) is -3.22. The topological polar surface area (TPSA) is 152 Å². The Balaban J connectivity index is -0.0000000563. The van der Waals surface area contributed by atoms with Crippen molar-refractivity contribution < 1.29 is 133 Å². The van der Waals surface area contributed by atoms with E-state index in [0.29, 0.717) is 0 Å². The van der Waals surface area contributed by atoms with Crippen LogP contribution in [0, 0.1) is 0 Å². The van der Waals surface area contributed by atoms with E-state index in [-0.39, 0.29) is 93.0 Å². The fourth-order valence-corrected chi connectivity index (χ4v) is 0.724. The molecule has 0 radical (unpaired) electrons. The molecule has 0 aliphatic carbocycles. The summed E-state index contributed by atoms with van der Waals surface area (Å²) in [6.45, 7) is 0. The molecule has 0 aromatic carbocycles. The quantitative estimate of drug-likeness (QED) is 0.311. The molecule has 0 heterocycles. The van der Waals surface area contributed by atoms with Crippen LogP contribution in [0.4, 0.5) is 0 Å². The Hall–Kier alpha value is 1.33. The molecule has 2 unspecified atom stereocenters. The van der Waals surface area contributed by atoms with E-state index in [0.717, 1.165) is 0 Å². The predicted molar refractivity (Wildman–Crippen MR) is 41.8 cm³/mol. The molecule has 11 heteroatoms. The van der Waals surface area contributed by atoms with Gasteiger partial charge in [-0.15, -0.1) is 0 Å². The van der Waals surface area contributed by atoms with Gasteiger partial charge >= 0.3 is 107 Å². The third kappa shape index (κ3) is 8.17. The molecule has 86 valence electrons. The number of rotatable bonds is 5. The summed E-state index contributed by atoms with van der Waals surface area (Å²) in [5.74, 6) is -5.87. The minimum absolute atomic E-state index is 0. The average Bonchev–Trinajstić information content (AvgIpc) is 2.00. The summed E-state index contributed by atoms with van der Waals surface area (Å²) in [4.78, 5) is 30.7. The first-order valence-corrected chi connectivity index (χ1v) is 3.30. The molecule has 0 aromatic rings. The third-order valence-corrected chi connectivity index (χ3v) is 1.48. The molecule has 17 heavy (non-hydrogen) atoms. The Kier molecular flexibility index (Phi) is 17.6. The van der Waals surface area contributed by atoms with E-state index in [1.807, 2.05) is 0 Å². The smallest absolute Gasteiger partial charge is 1.00 e. The normalized spacial score (nSPS) is 13.8. The van der Waals surface area contributed by atoms with E-state index >= 15 is 0 Å². The maximum Gasteiger partial charge on any atom is 1.00 e. The molecule has 0 bridgehead atoms. The molecule has 2 atom stereocenters. The van der Waals surface area contributed by atoms with Crippen molar-refractivity contribution in [3.05, 3.63) is 0 Å². The van der Waals surface area contributed by atoms with Crippen LogP contribution in [0.15, 0.2) is 0 Å². The molecule has 0 rings (SSSR count). The van der Waals surface area contributed by atoms with Crippen LogP contribution in [0.2, 0.25) is 0 Å². The van der Waals surface area contributed by atoms with Crippen molar-refractivity contribution in [1.29, 1.82) is 0 Å². The van der Waals surface area contributed by atoms with Crippen molar-refractivity contribution in [2.75, 3.05) is 0 Å². The molecule has 0 saturated carbocycles. The Morgan fingerprint density at radius 1 is 1.06 bits per heavy atom. The van der Waals surface area contributed by atoms with Gasteiger partial charge in [0, 0.05) is 0 Å². The van der Waals surface area contributed by atoms with Gasteiger partial charge in [-0.25, -0.2) is 9.59 Å². The van der Waals surface area contributed by atoms with E-state index in [2.05, 4.69) is 0 Å². The van der Waals surface area contributed by atoms with Crippen molar-refractivity contribution in [3.8, 4) is 0 Å². The zero-order valence-corrected chi connectivity index (χ0v) is 15.7. The van der Waals surface area contributed by atoms with Crippen LogP contribution in [0.1, 0.15) is 10.7 Å². The number of carboxylic acid groups (broad SMARTS) is 3. The van der Waals surface area contributed by atoms with Gasteiger partial charge in [-0.1, -0.05) is 0 Å². The number of aliphatic carboxylic acids is 3. The third-order valence-electron chi connectivity index (χ3n) is 1.48. The first kappa shape index (κ1) is 26.8. The summed E-state index contributed by atoms with van der Waals surface area (Å²) in [6.07, 6.45) is -4.11. The molecule has 0 amide bonds. The number of hydrogen-bond acceptors (Lipinski definition) is 5. The van der Waals surface area contributed by atoms with E-state index < -0.39 is 36.0 Å². The van der Waals surface area contributed by atoms with Crippen molar-refractivity contribution in [3.63, 3.8) is 0 Å². The minimum atomic E-state index is -3.22. The zero-order chi connectivity index (χ0) is 11.5. The molecule has 0 saturated heterocycles. The van der Waals surface area contributed by atoms with Gasteiger partial charge in [0.2, 0.25) is 5.60 Å². The van der Waals surface area contributed by atoms with Gasteiger partial charge in [-0.2, -0.15) is 0 Å². The molecule has 5 N–H and O–H groups in total. The summed E-state index contributed by atoms with van der Waals surface area (Å²) < 4.78 is 0. The molecule has 0 fully saturated rings. The molecule has 0 aliphatic rings. The van der Waals surface area contributed by atoms with Crippen LogP contribution in [0.3, 0.4) is 0 Å². The van der Waals surface area contributed by atoms with Gasteiger partial charge in [0.15, 0.2) is 6.10 Å². The fraction of sp³-hybridized carbons (Fsp3) is 0.500. The van der Waals surface area contributed by atoms with E-state index in [1.54, 1.807) is 0 Å². The summed E-state index contributed by atoms with van der Waals surface area (Å²) >= 11 is 0. The van der Waals surface area contributed by atoms with E-state index in [1.165, 1.54) is 0 Å². The SMILES string of the molecule is O=C(O)CC(O)(C(=O)O)C(O)C(=O)O.[H-].[H-].[H-].[Na+].[Na+].[Na+]. The van der Waals surface area contributed by atoms with Gasteiger partial charge in [0.25, 0.3) is 0 Å². The van der Waals surface area contributed by atoms with Crippen LogP contribution in [-0.2, 0) is 14.4 Å². The molecule has 0 spiro atoms. The van der Waals surface area contributed by atoms with Crippen molar-refractivity contribution >= 4 is 17.9 Å². The Morgan fingerprint density at radius 2 is 1.41 bits per heavy atom. The van der Waals surface area contributed by atoms with Gasteiger partial charge in [-0.05, 0) is 0 Å². The Labute approximate surface area is 167 Å². The number of carbonyl (C=O) groups is 3. The first-order valence-electron chi connectivity index (χ1n) is 3.30. The van der Waals surface area contributed by atoms with Crippen LogP contribution in [-0.4, -0.2) is 55.1 Å². The summed E-state index contributed by atoms with van der Waals surface area (Å²) in [7, 11) is 0. The molecule has 0 aromatic heterocycles. The molecular weight excluding hydrogens is 269 g/mol. The number of hydrogen-bond donors (Lipinski definition) is 5. The molecule has 0 aliphatic heterocycles. The van der Waals surface area contributed by atoms with Gasteiger partial charge in [0.05, 0.1) is 6.42 Å². The molecular formula is C6H11Na3O8. The minimum Gasteiger partial charge on any atom is -1.00 e. The Morgan fingerprint density at radius 3 is 1.59 bits per heavy atom. The van der Waals surface area contributed by atoms with Gasteiger partial charge < -0.3 is 29.8 Å². The van der Waals surface area contributed by atoms with Crippen LogP contribution >= 0.6 is 0 Å². The number of aliphatic hydroxyl groups is 2. The van der Waals surface area contributed by atoms with Crippen molar-refractivity contribution in [1.82, 2.24) is 0 Å². The Bertz CT molecular complexity index is 295.